The zero-order valence-corrected chi connectivity index (χ0v) is 18.5. The molecule has 2 rings (SSSR count). The lowest BCUT2D eigenvalue weighted by Crippen LogP contribution is -2.38. The van der Waals surface area contributed by atoms with Gasteiger partial charge in [0.15, 0.2) is 5.96 Å². The van der Waals surface area contributed by atoms with Crippen molar-refractivity contribution in [3.8, 4) is 0 Å². The molecule has 1 amide bonds. The predicted octanol–water partition coefficient (Wildman–Crippen LogP) is 3.27. The summed E-state index contributed by atoms with van der Waals surface area (Å²) in [5.74, 6) is 0.791. The van der Waals surface area contributed by atoms with Crippen molar-refractivity contribution in [2.24, 2.45) is 4.99 Å². The third-order valence-corrected chi connectivity index (χ3v) is 3.78. The molecule has 0 unspecified atom stereocenters. The number of anilines is 1. The van der Waals surface area contributed by atoms with E-state index in [0.717, 1.165) is 5.56 Å². The van der Waals surface area contributed by atoms with Crippen molar-refractivity contribution >= 4 is 41.7 Å². The van der Waals surface area contributed by atoms with Crippen LogP contribution in [0.15, 0.2) is 47.6 Å². The van der Waals surface area contributed by atoms with Crippen LogP contribution in [0, 0.1) is 12.7 Å². The number of benzene rings is 1. The summed E-state index contributed by atoms with van der Waals surface area (Å²) in [4.78, 5) is 20.5. The first-order chi connectivity index (χ1) is 13.1. The third kappa shape index (κ3) is 8.64. The molecule has 1 aromatic heterocycles. The smallest absolute Gasteiger partial charge is 0.227 e. The lowest BCUT2D eigenvalue weighted by molar-refractivity contribution is -0.116. The van der Waals surface area contributed by atoms with Crippen LogP contribution in [0.4, 0.5) is 10.2 Å². The molecule has 2 aromatic rings. The van der Waals surface area contributed by atoms with Gasteiger partial charge < -0.3 is 16.0 Å². The Balaban J connectivity index is 0.00000392. The number of guanidine groups is 1. The molecule has 0 saturated carbocycles. The second-order valence-electron chi connectivity index (χ2n) is 6.05. The molecule has 152 valence electrons. The molecular weight excluding hydrogens is 472 g/mol. The lowest BCUT2D eigenvalue weighted by Gasteiger charge is -2.11. The van der Waals surface area contributed by atoms with Crippen LogP contribution in [-0.2, 0) is 11.2 Å². The minimum absolute atomic E-state index is 0. The van der Waals surface area contributed by atoms with Gasteiger partial charge in [0.2, 0.25) is 5.91 Å². The summed E-state index contributed by atoms with van der Waals surface area (Å²) in [7, 11) is 0. The highest BCUT2D eigenvalue weighted by molar-refractivity contribution is 14.0. The van der Waals surface area contributed by atoms with Gasteiger partial charge >= 0.3 is 0 Å². The normalized spacial score (nSPS) is 10.8. The van der Waals surface area contributed by atoms with E-state index >= 15 is 0 Å². The first-order valence-electron chi connectivity index (χ1n) is 9.06. The average molecular weight is 499 g/mol. The predicted molar refractivity (Wildman–Crippen MR) is 122 cm³/mol. The molecule has 28 heavy (non-hydrogen) atoms. The van der Waals surface area contributed by atoms with Gasteiger partial charge in [-0.15, -0.1) is 24.0 Å². The second-order valence-corrected chi connectivity index (χ2v) is 6.05. The fourth-order valence-corrected chi connectivity index (χ4v) is 2.37. The number of carbonyl (C=O) groups is 1. The summed E-state index contributed by atoms with van der Waals surface area (Å²) in [6.07, 6.45) is 2.51. The van der Waals surface area contributed by atoms with E-state index in [9.17, 15) is 9.18 Å². The van der Waals surface area contributed by atoms with Gasteiger partial charge in [-0.1, -0.05) is 24.3 Å². The van der Waals surface area contributed by atoms with E-state index in [-0.39, 0.29) is 42.1 Å². The molecule has 1 heterocycles. The van der Waals surface area contributed by atoms with Gasteiger partial charge in [-0.2, -0.15) is 0 Å². The van der Waals surface area contributed by atoms with Gasteiger partial charge in [-0.05, 0) is 43.5 Å². The van der Waals surface area contributed by atoms with Gasteiger partial charge in [0.1, 0.15) is 11.6 Å². The number of carbonyl (C=O) groups excluding carboxylic acids is 1. The van der Waals surface area contributed by atoms with Crippen LogP contribution < -0.4 is 16.0 Å². The molecule has 0 aliphatic rings. The Morgan fingerprint density at radius 2 is 1.96 bits per heavy atom. The number of pyridine rings is 1. The van der Waals surface area contributed by atoms with Crippen LogP contribution in [-0.4, -0.2) is 36.5 Å². The Morgan fingerprint density at radius 1 is 1.18 bits per heavy atom. The van der Waals surface area contributed by atoms with Gasteiger partial charge in [0.25, 0.3) is 0 Å². The largest absolute Gasteiger partial charge is 0.357 e. The van der Waals surface area contributed by atoms with Crippen LogP contribution in [0.5, 0.6) is 0 Å². The number of amides is 1. The number of halogens is 2. The Hall–Kier alpha value is -2.23. The lowest BCUT2D eigenvalue weighted by atomic mass is 10.1. The van der Waals surface area contributed by atoms with Crippen LogP contribution in [0.1, 0.15) is 24.5 Å². The molecule has 0 atom stereocenters. The van der Waals surface area contributed by atoms with E-state index < -0.39 is 0 Å². The first kappa shape index (κ1) is 23.8. The SMILES string of the molecule is CCNC(=NCCC(=O)Nc1ccc(C)cn1)NCCc1ccccc1F.I. The summed E-state index contributed by atoms with van der Waals surface area (Å²) in [5.41, 5.74) is 1.69. The topological polar surface area (TPSA) is 78.4 Å². The average Bonchev–Trinajstić information content (AvgIpc) is 2.65. The van der Waals surface area contributed by atoms with E-state index in [1.54, 1.807) is 24.4 Å². The second kappa shape index (κ2) is 13.0. The summed E-state index contributed by atoms with van der Waals surface area (Å²) in [5, 5.41) is 9.01. The van der Waals surface area contributed by atoms with E-state index in [1.165, 1.54) is 6.07 Å². The molecule has 0 aliphatic heterocycles. The fraction of sp³-hybridized carbons (Fsp3) is 0.350. The molecule has 0 fully saturated rings. The molecule has 0 aliphatic carbocycles. The highest BCUT2D eigenvalue weighted by Crippen LogP contribution is 2.06. The van der Waals surface area contributed by atoms with Crippen molar-refractivity contribution < 1.29 is 9.18 Å². The van der Waals surface area contributed by atoms with E-state index in [4.69, 9.17) is 0 Å². The van der Waals surface area contributed by atoms with Crippen molar-refractivity contribution in [2.75, 3.05) is 25.0 Å². The molecule has 0 saturated heterocycles. The molecule has 1 aromatic carbocycles. The number of hydrogen-bond acceptors (Lipinski definition) is 3. The Bertz CT molecular complexity index is 767. The maximum absolute atomic E-state index is 13.6. The highest BCUT2D eigenvalue weighted by atomic mass is 127. The fourth-order valence-electron chi connectivity index (χ4n) is 2.37. The minimum Gasteiger partial charge on any atom is -0.357 e. The van der Waals surface area contributed by atoms with Crippen LogP contribution in [0.2, 0.25) is 0 Å². The first-order valence-corrected chi connectivity index (χ1v) is 9.06. The molecule has 3 N–H and O–H groups in total. The number of nitrogens with zero attached hydrogens (tertiary/aromatic N) is 2. The summed E-state index contributed by atoms with van der Waals surface area (Å²) in [6, 6.07) is 10.4. The van der Waals surface area contributed by atoms with Crippen LogP contribution in [0.3, 0.4) is 0 Å². The number of hydrogen-bond donors (Lipinski definition) is 3. The van der Waals surface area contributed by atoms with E-state index in [0.29, 0.717) is 43.4 Å². The molecule has 6 nitrogen and oxygen atoms in total. The zero-order chi connectivity index (χ0) is 19.5. The maximum atomic E-state index is 13.6. The van der Waals surface area contributed by atoms with Crippen molar-refractivity contribution in [3.05, 3.63) is 59.5 Å². The minimum atomic E-state index is -0.206. The van der Waals surface area contributed by atoms with Crippen molar-refractivity contribution in [2.45, 2.75) is 26.7 Å². The summed E-state index contributed by atoms with van der Waals surface area (Å²) < 4.78 is 13.6. The molecule has 0 spiro atoms. The van der Waals surface area contributed by atoms with Gasteiger partial charge in [0, 0.05) is 25.7 Å². The molecule has 0 bridgehead atoms. The standard InChI is InChI=1S/C20H26FN5O.HI/c1-3-22-20(23-12-10-16-6-4-5-7-17(16)21)24-13-11-19(27)26-18-9-8-15(2)14-25-18;/h4-9,14H,3,10-13H2,1-2H3,(H2,22,23,24)(H,25,26,27);1H. The molecule has 0 radical (unpaired) electrons. The molecule has 8 heteroatoms. The Labute approximate surface area is 182 Å². The van der Waals surface area contributed by atoms with E-state index in [1.807, 2.05) is 26.0 Å². The van der Waals surface area contributed by atoms with Gasteiger partial charge in [-0.25, -0.2) is 9.37 Å². The summed E-state index contributed by atoms with van der Waals surface area (Å²) >= 11 is 0. The summed E-state index contributed by atoms with van der Waals surface area (Å²) in [6.45, 7) is 5.49. The van der Waals surface area contributed by atoms with Crippen molar-refractivity contribution in [3.63, 3.8) is 0 Å². The number of aryl methyl sites for hydroxylation is 1. The van der Waals surface area contributed by atoms with E-state index in [2.05, 4.69) is 25.9 Å². The van der Waals surface area contributed by atoms with Gasteiger partial charge in [0.05, 0.1) is 6.54 Å². The van der Waals surface area contributed by atoms with Crippen LogP contribution >= 0.6 is 24.0 Å². The number of aromatic nitrogens is 1. The number of aliphatic imine (C=N–C) groups is 1. The number of nitrogens with one attached hydrogen (secondary N) is 3. The zero-order valence-electron chi connectivity index (χ0n) is 16.2. The maximum Gasteiger partial charge on any atom is 0.227 e. The van der Waals surface area contributed by atoms with Gasteiger partial charge in [-0.3, -0.25) is 9.79 Å². The van der Waals surface area contributed by atoms with Crippen molar-refractivity contribution in [1.29, 1.82) is 0 Å². The quantitative estimate of drug-likeness (QED) is 0.296. The third-order valence-electron chi connectivity index (χ3n) is 3.78. The van der Waals surface area contributed by atoms with Crippen LogP contribution in [0.25, 0.3) is 0 Å². The monoisotopic (exact) mass is 499 g/mol. The Kier molecular flexibility index (Phi) is 11.1. The Morgan fingerprint density at radius 3 is 2.64 bits per heavy atom. The van der Waals surface area contributed by atoms with Crippen molar-refractivity contribution in [1.82, 2.24) is 15.6 Å². The number of rotatable bonds is 8. The molecular formula is C20H27FIN5O. The highest BCUT2D eigenvalue weighted by Gasteiger charge is 2.04.